The van der Waals surface area contributed by atoms with Gasteiger partial charge in [-0.15, -0.1) is 12.4 Å². The lowest BCUT2D eigenvalue weighted by atomic mass is 10.1. The summed E-state index contributed by atoms with van der Waals surface area (Å²) in [6, 6.07) is 7.97. The molecule has 7 nitrogen and oxygen atoms in total. The van der Waals surface area contributed by atoms with Gasteiger partial charge in [0.05, 0.1) is 11.8 Å². The molecule has 0 aliphatic carbocycles. The number of carbonyl (C=O) groups is 3. The van der Waals surface area contributed by atoms with Crippen molar-refractivity contribution in [3.8, 4) is 5.75 Å². The molecule has 0 aromatic heterocycles. The van der Waals surface area contributed by atoms with Gasteiger partial charge in [0.25, 0.3) is 0 Å². The summed E-state index contributed by atoms with van der Waals surface area (Å²) in [5, 5.41) is 0. The number of carbonyl (C=O) groups excluding carboxylic acids is 3. The van der Waals surface area contributed by atoms with Crippen molar-refractivity contribution in [2.45, 2.75) is 45.6 Å². The fourth-order valence-electron chi connectivity index (χ4n) is 3.68. The molecule has 0 atom stereocenters. The van der Waals surface area contributed by atoms with Crippen molar-refractivity contribution in [2.24, 2.45) is 0 Å². The van der Waals surface area contributed by atoms with Crippen LogP contribution in [0.3, 0.4) is 0 Å². The molecule has 1 aromatic carbocycles. The molecule has 3 amide bonds. The van der Waals surface area contributed by atoms with Gasteiger partial charge >= 0.3 is 0 Å². The SMILES string of the molecule is CC(C)Oc1ccccc1N1CCN(C(=O)CCN2C(=O)CCCC2=O)CC1.Cl. The minimum absolute atomic E-state index is 0. The van der Waals surface area contributed by atoms with E-state index in [1.807, 2.05) is 43.0 Å². The maximum Gasteiger partial charge on any atom is 0.229 e. The van der Waals surface area contributed by atoms with E-state index in [4.69, 9.17) is 4.74 Å². The van der Waals surface area contributed by atoms with Crippen LogP contribution in [0.1, 0.15) is 39.5 Å². The number of likely N-dealkylation sites (tertiary alicyclic amines) is 1. The van der Waals surface area contributed by atoms with E-state index in [0.717, 1.165) is 24.5 Å². The predicted octanol–water partition coefficient (Wildman–Crippen LogP) is 2.47. The number of benzene rings is 1. The fourth-order valence-corrected chi connectivity index (χ4v) is 3.68. The zero-order valence-corrected chi connectivity index (χ0v) is 18.0. The van der Waals surface area contributed by atoms with Crippen LogP contribution in [0.5, 0.6) is 5.75 Å². The lowest BCUT2D eigenvalue weighted by Crippen LogP contribution is -2.50. The van der Waals surface area contributed by atoms with E-state index in [9.17, 15) is 14.4 Å². The maximum absolute atomic E-state index is 12.5. The second-order valence-corrected chi connectivity index (χ2v) is 7.54. The summed E-state index contributed by atoms with van der Waals surface area (Å²) in [4.78, 5) is 41.6. The number of halogens is 1. The average Bonchev–Trinajstić information content (AvgIpc) is 2.67. The molecule has 0 unspecified atom stereocenters. The van der Waals surface area contributed by atoms with Crippen LogP contribution in [0.2, 0.25) is 0 Å². The fraction of sp³-hybridized carbons (Fsp3) is 0.571. The van der Waals surface area contributed by atoms with E-state index in [1.54, 1.807) is 0 Å². The third-order valence-electron chi connectivity index (χ3n) is 5.13. The minimum Gasteiger partial charge on any atom is -0.489 e. The molecular weight excluding hydrogens is 394 g/mol. The molecule has 1 aromatic rings. The molecule has 2 heterocycles. The van der Waals surface area contributed by atoms with Crippen molar-refractivity contribution in [2.75, 3.05) is 37.6 Å². The highest BCUT2D eigenvalue weighted by atomic mass is 35.5. The molecule has 8 heteroatoms. The Morgan fingerprint density at radius 3 is 2.28 bits per heavy atom. The number of piperidine rings is 1. The van der Waals surface area contributed by atoms with E-state index in [0.29, 0.717) is 32.4 Å². The van der Waals surface area contributed by atoms with Crippen molar-refractivity contribution in [3.05, 3.63) is 24.3 Å². The smallest absolute Gasteiger partial charge is 0.229 e. The Labute approximate surface area is 178 Å². The first kappa shape index (κ1) is 23.0. The molecule has 0 bridgehead atoms. The number of nitrogens with zero attached hydrogens (tertiary/aromatic N) is 3. The quantitative estimate of drug-likeness (QED) is 0.657. The molecule has 2 aliphatic heterocycles. The number of imide groups is 1. The van der Waals surface area contributed by atoms with Crippen molar-refractivity contribution >= 4 is 35.8 Å². The molecule has 0 saturated carbocycles. The molecule has 2 fully saturated rings. The van der Waals surface area contributed by atoms with E-state index in [1.165, 1.54) is 4.90 Å². The number of amides is 3. The zero-order chi connectivity index (χ0) is 20.1. The summed E-state index contributed by atoms with van der Waals surface area (Å²) >= 11 is 0. The Bertz CT molecular complexity index is 716. The Kier molecular flexibility index (Phi) is 8.32. The lowest BCUT2D eigenvalue weighted by molar-refractivity contribution is -0.148. The van der Waals surface area contributed by atoms with E-state index in [-0.39, 0.29) is 49.2 Å². The standard InChI is InChI=1S/C21H29N3O4.ClH/c1-16(2)28-18-7-4-3-6-17(18)22-12-14-23(15-13-22)19(25)10-11-24-20(26)8-5-9-21(24)27;/h3-4,6-7,16H,5,8-15H2,1-2H3;1H. The second kappa shape index (κ2) is 10.5. The van der Waals surface area contributed by atoms with Crippen molar-refractivity contribution < 1.29 is 19.1 Å². The number of para-hydroxylation sites is 2. The van der Waals surface area contributed by atoms with Crippen LogP contribution in [0.25, 0.3) is 0 Å². The van der Waals surface area contributed by atoms with Crippen LogP contribution in [0.4, 0.5) is 5.69 Å². The Hall–Kier alpha value is -2.28. The van der Waals surface area contributed by atoms with Crippen molar-refractivity contribution in [1.82, 2.24) is 9.80 Å². The van der Waals surface area contributed by atoms with E-state index in [2.05, 4.69) is 4.90 Å². The third kappa shape index (κ3) is 5.85. The first-order chi connectivity index (χ1) is 13.5. The molecule has 0 spiro atoms. The molecule has 0 N–H and O–H groups in total. The summed E-state index contributed by atoms with van der Waals surface area (Å²) < 4.78 is 5.91. The number of anilines is 1. The number of ether oxygens (including phenoxy) is 1. The number of rotatable bonds is 6. The summed E-state index contributed by atoms with van der Waals surface area (Å²) in [5.41, 5.74) is 1.05. The zero-order valence-electron chi connectivity index (χ0n) is 17.1. The van der Waals surface area contributed by atoms with Gasteiger partial charge in [-0.05, 0) is 32.4 Å². The molecule has 29 heavy (non-hydrogen) atoms. The average molecular weight is 424 g/mol. The van der Waals surface area contributed by atoms with Crippen molar-refractivity contribution in [3.63, 3.8) is 0 Å². The molecular formula is C21H30ClN3O4. The van der Waals surface area contributed by atoms with Crippen LogP contribution in [0.15, 0.2) is 24.3 Å². The van der Waals surface area contributed by atoms with Gasteiger partial charge in [0.1, 0.15) is 5.75 Å². The van der Waals surface area contributed by atoms with Gasteiger partial charge in [-0.2, -0.15) is 0 Å². The number of piperazine rings is 1. The second-order valence-electron chi connectivity index (χ2n) is 7.54. The van der Waals surface area contributed by atoms with Crippen LogP contribution < -0.4 is 9.64 Å². The molecule has 0 radical (unpaired) electrons. The third-order valence-corrected chi connectivity index (χ3v) is 5.13. The van der Waals surface area contributed by atoms with Crippen LogP contribution >= 0.6 is 12.4 Å². The van der Waals surface area contributed by atoms with Crippen LogP contribution in [-0.2, 0) is 14.4 Å². The minimum atomic E-state index is -0.157. The van der Waals surface area contributed by atoms with Gasteiger partial charge in [0.15, 0.2) is 0 Å². The molecule has 2 saturated heterocycles. The summed E-state index contributed by atoms with van der Waals surface area (Å²) in [6.07, 6.45) is 1.72. The largest absolute Gasteiger partial charge is 0.489 e. The van der Waals surface area contributed by atoms with Gasteiger partial charge in [-0.25, -0.2) is 0 Å². The number of hydrogen-bond donors (Lipinski definition) is 0. The van der Waals surface area contributed by atoms with Crippen LogP contribution in [0, 0.1) is 0 Å². The Balaban J connectivity index is 0.00000300. The topological polar surface area (TPSA) is 70.2 Å². The van der Waals surface area contributed by atoms with Gasteiger partial charge in [0.2, 0.25) is 17.7 Å². The van der Waals surface area contributed by atoms with Gasteiger partial charge in [-0.1, -0.05) is 12.1 Å². The lowest BCUT2D eigenvalue weighted by Gasteiger charge is -2.37. The monoisotopic (exact) mass is 423 g/mol. The van der Waals surface area contributed by atoms with Gasteiger partial charge in [-0.3, -0.25) is 19.3 Å². The first-order valence-corrected chi connectivity index (χ1v) is 10.1. The highest BCUT2D eigenvalue weighted by molar-refractivity contribution is 5.97. The molecule has 3 rings (SSSR count). The van der Waals surface area contributed by atoms with Gasteiger partial charge in [0, 0.05) is 52.0 Å². The van der Waals surface area contributed by atoms with E-state index >= 15 is 0 Å². The Morgan fingerprint density at radius 2 is 1.66 bits per heavy atom. The maximum atomic E-state index is 12.5. The highest BCUT2D eigenvalue weighted by Gasteiger charge is 2.28. The normalized spacial score (nSPS) is 17.4. The van der Waals surface area contributed by atoms with Crippen LogP contribution in [-0.4, -0.2) is 66.3 Å². The highest BCUT2D eigenvalue weighted by Crippen LogP contribution is 2.29. The molecule has 2 aliphatic rings. The molecule has 160 valence electrons. The van der Waals surface area contributed by atoms with E-state index < -0.39 is 0 Å². The first-order valence-electron chi connectivity index (χ1n) is 10.1. The van der Waals surface area contributed by atoms with Crippen molar-refractivity contribution in [1.29, 1.82) is 0 Å². The summed E-state index contributed by atoms with van der Waals surface area (Å²) in [6.45, 7) is 6.91. The summed E-state index contributed by atoms with van der Waals surface area (Å²) in [7, 11) is 0. The van der Waals surface area contributed by atoms with Gasteiger partial charge < -0.3 is 14.5 Å². The Morgan fingerprint density at radius 1 is 1.03 bits per heavy atom. The summed E-state index contributed by atoms with van der Waals surface area (Å²) in [5.74, 6) is 0.545. The number of hydrogen-bond acceptors (Lipinski definition) is 5. The predicted molar refractivity (Wildman–Crippen MR) is 113 cm³/mol.